The second kappa shape index (κ2) is 15.7. The Kier molecular flexibility index (Phi) is 13.5. The molecule has 0 saturated carbocycles. The second-order valence-corrected chi connectivity index (χ2v) is 9.92. The first-order valence-corrected chi connectivity index (χ1v) is 12.8. The van der Waals surface area contributed by atoms with Gasteiger partial charge in [0, 0.05) is 12.1 Å². The first-order valence-electron chi connectivity index (χ1n) is 12.8. The molecule has 3 amide bonds. The summed E-state index contributed by atoms with van der Waals surface area (Å²) in [6.45, 7) is 8.58. The molecule has 0 fully saturated rings. The highest BCUT2D eigenvalue weighted by atomic mass is 16.6. The smallest absolute Gasteiger partial charge is 0.408 e. The molecule has 1 rings (SSSR count). The van der Waals surface area contributed by atoms with E-state index in [0.717, 1.165) is 32.1 Å². The molecule has 1 aromatic rings. The minimum atomic E-state index is -1.24. The Labute approximate surface area is 220 Å². The van der Waals surface area contributed by atoms with E-state index in [-0.39, 0.29) is 17.9 Å². The maximum Gasteiger partial charge on any atom is 0.408 e. The molecule has 10 nitrogen and oxygen atoms in total. The third kappa shape index (κ3) is 11.5. The Morgan fingerprint density at radius 3 is 2.24 bits per heavy atom. The van der Waals surface area contributed by atoms with Gasteiger partial charge in [0.2, 0.25) is 11.8 Å². The van der Waals surface area contributed by atoms with E-state index < -0.39 is 48.1 Å². The molecular formula is C27H43N3O7. The van der Waals surface area contributed by atoms with Gasteiger partial charge in [0.05, 0.1) is 7.11 Å². The van der Waals surface area contributed by atoms with E-state index in [1.165, 1.54) is 25.0 Å². The molecule has 0 spiro atoms. The number of hydrogen-bond acceptors (Lipinski definition) is 7. The summed E-state index contributed by atoms with van der Waals surface area (Å²) in [5.74, 6) is -2.01. The largest absolute Gasteiger partial charge is 0.508 e. The molecule has 0 aromatic heterocycles. The number of esters is 1. The lowest BCUT2D eigenvalue weighted by atomic mass is 10.0. The van der Waals surface area contributed by atoms with Crippen molar-refractivity contribution in [2.75, 3.05) is 20.2 Å². The number of hydrogen-bond donors (Lipinski definition) is 3. The summed E-state index contributed by atoms with van der Waals surface area (Å²) < 4.78 is 9.88. The zero-order valence-electron chi connectivity index (χ0n) is 23.0. The van der Waals surface area contributed by atoms with E-state index in [0.29, 0.717) is 6.42 Å². The first-order chi connectivity index (χ1) is 17.4. The lowest BCUT2D eigenvalue weighted by Crippen LogP contribution is -2.52. The summed E-state index contributed by atoms with van der Waals surface area (Å²) in [4.78, 5) is 52.3. The maximum absolute atomic E-state index is 13.6. The van der Waals surface area contributed by atoms with Gasteiger partial charge in [-0.15, -0.1) is 0 Å². The Morgan fingerprint density at radius 1 is 1.03 bits per heavy atom. The molecule has 2 atom stereocenters. The molecule has 0 bridgehead atoms. The van der Waals surface area contributed by atoms with Gasteiger partial charge in [0.1, 0.15) is 30.0 Å². The second-order valence-electron chi connectivity index (χ2n) is 9.92. The molecule has 0 aliphatic carbocycles. The minimum absolute atomic E-state index is 0.172. The Balaban J connectivity index is 3.27. The molecule has 2 unspecified atom stereocenters. The van der Waals surface area contributed by atoms with Crippen LogP contribution in [0.15, 0.2) is 24.3 Å². The van der Waals surface area contributed by atoms with Crippen LogP contribution in [-0.2, 0) is 23.9 Å². The van der Waals surface area contributed by atoms with E-state index in [1.807, 2.05) is 0 Å². The lowest BCUT2D eigenvalue weighted by Gasteiger charge is -2.34. The predicted octanol–water partition coefficient (Wildman–Crippen LogP) is 3.82. The highest BCUT2D eigenvalue weighted by Gasteiger charge is 2.36. The summed E-state index contributed by atoms with van der Waals surface area (Å²) in [5.41, 5.74) is -0.550. The van der Waals surface area contributed by atoms with Gasteiger partial charge in [0.25, 0.3) is 0 Å². The van der Waals surface area contributed by atoms with Gasteiger partial charge in [-0.05, 0) is 40.2 Å². The molecule has 208 valence electrons. The fourth-order valence-electron chi connectivity index (χ4n) is 3.72. The molecule has 0 aliphatic rings. The fraction of sp³-hybridized carbons (Fsp3) is 0.630. The highest BCUT2D eigenvalue weighted by Crippen LogP contribution is 2.30. The Morgan fingerprint density at radius 2 is 1.65 bits per heavy atom. The summed E-state index contributed by atoms with van der Waals surface area (Å²) in [6, 6.07) is 3.96. The Bertz CT molecular complexity index is 898. The maximum atomic E-state index is 13.6. The van der Waals surface area contributed by atoms with Crippen molar-refractivity contribution in [1.29, 1.82) is 0 Å². The molecule has 0 heterocycles. The van der Waals surface area contributed by atoms with Crippen LogP contribution in [0.5, 0.6) is 5.75 Å². The number of amides is 3. The third-order valence-corrected chi connectivity index (χ3v) is 5.57. The van der Waals surface area contributed by atoms with Crippen molar-refractivity contribution in [3.05, 3.63) is 29.8 Å². The van der Waals surface area contributed by atoms with Gasteiger partial charge < -0.3 is 30.1 Å². The molecule has 0 saturated heterocycles. The van der Waals surface area contributed by atoms with Gasteiger partial charge in [-0.1, -0.05) is 57.2 Å². The highest BCUT2D eigenvalue weighted by molar-refractivity contribution is 5.93. The number of benzene rings is 1. The van der Waals surface area contributed by atoms with Crippen molar-refractivity contribution in [3.8, 4) is 5.75 Å². The summed E-state index contributed by atoms with van der Waals surface area (Å²) in [7, 11) is 1.20. The summed E-state index contributed by atoms with van der Waals surface area (Å²) >= 11 is 0. The number of phenols is 1. The van der Waals surface area contributed by atoms with Gasteiger partial charge in [-0.25, -0.2) is 4.79 Å². The monoisotopic (exact) mass is 521 g/mol. The number of unbranched alkanes of at least 4 members (excludes halogenated alkanes) is 5. The number of rotatable bonds is 14. The van der Waals surface area contributed by atoms with Crippen LogP contribution in [0.1, 0.15) is 84.7 Å². The predicted molar refractivity (Wildman–Crippen MR) is 140 cm³/mol. The SMILES string of the molecule is CCCCCCCCN(C(=O)C(C)NC(=O)OC(C)(C)C)C(C(=O)NCC(=O)OC)c1ccccc1O. The number of alkyl carbamates (subject to hydrolysis) is 1. The number of phenolic OH excluding ortho intramolecular Hbond substituents is 1. The molecule has 37 heavy (non-hydrogen) atoms. The molecule has 3 N–H and O–H groups in total. The summed E-state index contributed by atoms with van der Waals surface area (Å²) in [5, 5.41) is 15.6. The zero-order chi connectivity index (χ0) is 28.0. The van der Waals surface area contributed by atoms with Crippen molar-refractivity contribution in [2.45, 2.75) is 90.8 Å². The van der Waals surface area contributed by atoms with E-state index >= 15 is 0 Å². The average molecular weight is 522 g/mol. The minimum Gasteiger partial charge on any atom is -0.508 e. The first kappa shape index (κ1) is 31.7. The van der Waals surface area contributed by atoms with Crippen molar-refractivity contribution < 1.29 is 33.8 Å². The van der Waals surface area contributed by atoms with Gasteiger partial charge in [0.15, 0.2) is 0 Å². The van der Waals surface area contributed by atoms with Crippen LogP contribution in [0.25, 0.3) is 0 Å². The van der Waals surface area contributed by atoms with Crippen LogP contribution in [-0.4, -0.2) is 65.7 Å². The van der Waals surface area contributed by atoms with Crippen LogP contribution < -0.4 is 10.6 Å². The van der Waals surface area contributed by atoms with Crippen LogP contribution >= 0.6 is 0 Å². The van der Waals surface area contributed by atoms with Crippen LogP contribution in [0, 0.1) is 0 Å². The number of ether oxygens (including phenoxy) is 2. The molecule has 0 radical (unpaired) electrons. The molecule has 10 heteroatoms. The third-order valence-electron chi connectivity index (χ3n) is 5.57. The van der Waals surface area contributed by atoms with E-state index in [1.54, 1.807) is 39.0 Å². The topological polar surface area (TPSA) is 134 Å². The molecule has 1 aromatic carbocycles. The number of carbonyl (C=O) groups is 4. The van der Waals surface area contributed by atoms with E-state index in [4.69, 9.17) is 4.74 Å². The number of carbonyl (C=O) groups excluding carboxylic acids is 4. The standard InChI is InChI=1S/C27H43N3O7/c1-7-8-9-10-11-14-17-30(25(34)19(2)29-26(35)37-27(3,4)5)23(20-15-12-13-16-21(20)31)24(33)28-18-22(32)36-6/h12-13,15-16,19,23,31H,7-11,14,17-18H2,1-6H3,(H,28,33)(H,29,35). The summed E-state index contributed by atoms with van der Waals surface area (Å²) in [6.07, 6.45) is 4.98. The van der Waals surface area contributed by atoms with Gasteiger partial charge in [-0.2, -0.15) is 0 Å². The number of nitrogens with one attached hydrogen (secondary N) is 2. The number of aromatic hydroxyl groups is 1. The van der Waals surface area contributed by atoms with Crippen molar-refractivity contribution in [1.82, 2.24) is 15.5 Å². The van der Waals surface area contributed by atoms with Gasteiger partial charge >= 0.3 is 12.1 Å². The lowest BCUT2D eigenvalue weighted by molar-refractivity contribution is -0.144. The normalized spacial score (nSPS) is 12.7. The van der Waals surface area contributed by atoms with Crippen molar-refractivity contribution in [2.24, 2.45) is 0 Å². The van der Waals surface area contributed by atoms with Crippen LogP contribution in [0.3, 0.4) is 0 Å². The van der Waals surface area contributed by atoms with Crippen molar-refractivity contribution >= 4 is 23.9 Å². The molecule has 0 aliphatic heterocycles. The quantitative estimate of drug-likeness (QED) is 0.250. The van der Waals surface area contributed by atoms with E-state index in [9.17, 15) is 24.3 Å². The van der Waals surface area contributed by atoms with E-state index in [2.05, 4.69) is 22.3 Å². The van der Waals surface area contributed by atoms with Crippen LogP contribution in [0.4, 0.5) is 4.79 Å². The van der Waals surface area contributed by atoms with Gasteiger partial charge in [-0.3, -0.25) is 14.4 Å². The number of methoxy groups -OCH3 is 1. The number of nitrogens with zero attached hydrogens (tertiary/aromatic N) is 1. The number of para-hydroxylation sites is 1. The fourth-order valence-corrected chi connectivity index (χ4v) is 3.72. The van der Waals surface area contributed by atoms with Crippen LogP contribution in [0.2, 0.25) is 0 Å². The van der Waals surface area contributed by atoms with Crippen molar-refractivity contribution in [3.63, 3.8) is 0 Å². The average Bonchev–Trinajstić information content (AvgIpc) is 2.82. The Hall–Kier alpha value is -3.30. The molecular weight excluding hydrogens is 478 g/mol. The zero-order valence-corrected chi connectivity index (χ0v) is 23.0.